The SMILES string of the molecule is CCCCCCCCCCCCCCCCCCCCC/C=C/C(O)C(CO)NC(=O)CCCCCCCCCCCCCCCCCCCCOC(=O)CCCCCCCCCCCCCCCCC. The van der Waals surface area contributed by atoms with E-state index < -0.39 is 12.1 Å². The van der Waals surface area contributed by atoms with E-state index in [0.717, 1.165) is 38.5 Å². The van der Waals surface area contributed by atoms with Crippen LogP contribution in [-0.4, -0.2) is 47.4 Å². The van der Waals surface area contributed by atoms with Gasteiger partial charge >= 0.3 is 5.97 Å². The van der Waals surface area contributed by atoms with Crippen LogP contribution in [0.4, 0.5) is 0 Å². The lowest BCUT2D eigenvalue weighted by Gasteiger charge is -2.20. The monoisotopic (exact) mass is 1000 g/mol. The quantitative estimate of drug-likeness (QED) is 0.0320. The zero-order valence-corrected chi connectivity index (χ0v) is 48.2. The van der Waals surface area contributed by atoms with Crippen molar-refractivity contribution in [1.82, 2.24) is 5.32 Å². The summed E-state index contributed by atoms with van der Waals surface area (Å²) in [5, 5.41) is 23.2. The van der Waals surface area contributed by atoms with Gasteiger partial charge in [0, 0.05) is 12.8 Å². The fraction of sp³-hybridized carbons (Fsp3) is 0.938. The molecular formula is C65H127NO5. The number of nitrogens with one attached hydrogen (secondary N) is 1. The zero-order valence-electron chi connectivity index (χ0n) is 48.2. The summed E-state index contributed by atoms with van der Waals surface area (Å²) in [6, 6.07) is -0.631. The van der Waals surface area contributed by atoms with Crippen molar-refractivity contribution in [3.05, 3.63) is 12.2 Å². The number of amides is 1. The summed E-state index contributed by atoms with van der Waals surface area (Å²) in [6.07, 6.45) is 74.0. The molecule has 0 aliphatic rings. The Bertz CT molecular complexity index is 1060. The second-order valence-corrected chi connectivity index (χ2v) is 22.5. The van der Waals surface area contributed by atoms with Crippen LogP contribution in [0.3, 0.4) is 0 Å². The molecule has 0 aromatic carbocycles. The molecule has 6 heteroatoms. The van der Waals surface area contributed by atoms with E-state index in [4.69, 9.17) is 4.74 Å². The van der Waals surface area contributed by atoms with Gasteiger partial charge in [0.1, 0.15) is 0 Å². The summed E-state index contributed by atoms with van der Waals surface area (Å²) in [5.41, 5.74) is 0. The van der Waals surface area contributed by atoms with Crippen molar-refractivity contribution in [3.8, 4) is 0 Å². The molecule has 0 saturated heterocycles. The molecule has 0 bridgehead atoms. The smallest absolute Gasteiger partial charge is 0.305 e. The molecule has 0 aromatic rings. The van der Waals surface area contributed by atoms with Crippen LogP contribution in [0, 0.1) is 0 Å². The van der Waals surface area contributed by atoms with Gasteiger partial charge in [-0.25, -0.2) is 0 Å². The number of aliphatic hydroxyl groups excluding tert-OH is 2. The number of aliphatic hydroxyl groups is 2. The van der Waals surface area contributed by atoms with Crippen LogP contribution < -0.4 is 5.32 Å². The van der Waals surface area contributed by atoms with Gasteiger partial charge in [0.15, 0.2) is 0 Å². The largest absolute Gasteiger partial charge is 0.466 e. The number of esters is 1. The number of ether oxygens (including phenoxy) is 1. The average Bonchev–Trinajstić information content (AvgIpc) is 3.37. The Morgan fingerprint density at radius 2 is 0.648 bits per heavy atom. The van der Waals surface area contributed by atoms with Crippen LogP contribution >= 0.6 is 0 Å². The first-order chi connectivity index (χ1) is 35.0. The molecule has 0 rings (SSSR count). The molecule has 422 valence electrons. The molecule has 0 spiro atoms. The number of rotatable bonds is 61. The summed E-state index contributed by atoms with van der Waals surface area (Å²) in [5.74, 6) is -0.0573. The second kappa shape index (κ2) is 61.1. The van der Waals surface area contributed by atoms with Gasteiger partial charge in [0.05, 0.1) is 25.4 Å². The van der Waals surface area contributed by atoms with E-state index in [0.29, 0.717) is 19.4 Å². The van der Waals surface area contributed by atoms with Crippen LogP contribution in [0.2, 0.25) is 0 Å². The molecule has 2 atom stereocenters. The molecule has 6 nitrogen and oxygen atoms in total. The number of carbonyl (C=O) groups excluding carboxylic acids is 2. The lowest BCUT2D eigenvalue weighted by molar-refractivity contribution is -0.143. The van der Waals surface area contributed by atoms with E-state index in [2.05, 4.69) is 19.2 Å². The maximum absolute atomic E-state index is 12.5. The third-order valence-electron chi connectivity index (χ3n) is 15.3. The van der Waals surface area contributed by atoms with Gasteiger partial charge < -0.3 is 20.3 Å². The minimum absolute atomic E-state index is 0.0104. The van der Waals surface area contributed by atoms with Crippen molar-refractivity contribution in [3.63, 3.8) is 0 Å². The Hall–Kier alpha value is -1.40. The number of carbonyl (C=O) groups is 2. The first kappa shape index (κ1) is 69.6. The molecular weight excluding hydrogens is 875 g/mol. The van der Waals surface area contributed by atoms with Gasteiger partial charge in [-0.3, -0.25) is 9.59 Å². The highest BCUT2D eigenvalue weighted by molar-refractivity contribution is 5.76. The van der Waals surface area contributed by atoms with E-state index in [1.54, 1.807) is 6.08 Å². The second-order valence-electron chi connectivity index (χ2n) is 22.5. The first-order valence-electron chi connectivity index (χ1n) is 32.5. The number of hydrogen-bond acceptors (Lipinski definition) is 5. The van der Waals surface area contributed by atoms with E-state index in [9.17, 15) is 19.8 Å². The molecule has 0 aliphatic heterocycles. The van der Waals surface area contributed by atoms with Crippen LogP contribution in [-0.2, 0) is 14.3 Å². The molecule has 0 radical (unpaired) electrons. The van der Waals surface area contributed by atoms with Gasteiger partial charge in [0.25, 0.3) is 0 Å². The minimum atomic E-state index is -0.847. The Kier molecular flexibility index (Phi) is 59.9. The van der Waals surface area contributed by atoms with E-state index in [1.165, 1.54) is 302 Å². The van der Waals surface area contributed by atoms with Gasteiger partial charge in [-0.05, 0) is 32.1 Å². The van der Waals surface area contributed by atoms with E-state index in [1.807, 2.05) is 6.08 Å². The highest BCUT2D eigenvalue weighted by atomic mass is 16.5. The molecule has 0 fully saturated rings. The van der Waals surface area contributed by atoms with Crippen LogP contribution in [0.25, 0.3) is 0 Å². The summed E-state index contributed by atoms with van der Waals surface area (Å²) < 4.78 is 5.49. The fourth-order valence-corrected chi connectivity index (χ4v) is 10.3. The fourth-order valence-electron chi connectivity index (χ4n) is 10.3. The van der Waals surface area contributed by atoms with Crippen molar-refractivity contribution in [1.29, 1.82) is 0 Å². The Morgan fingerprint density at radius 3 is 0.958 bits per heavy atom. The predicted molar refractivity (Wildman–Crippen MR) is 310 cm³/mol. The topological polar surface area (TPSA) is 95.9 Å². The van der Waals surface area contributed by atoms with Crippen LogP contribution in [0.5, 0.6) is 0 Å². The molecule has 71 heavy (non-hydrogen) atoms. The number of hydrogen-bond donors (Lipinski definition) is 3. The normalized spacial score (nSPS) is 12.6. The van der Waals surface area contributed by atoms with E-state index in [-0.39, 0.29) is 18.5 Å². The molecule has 0 heterocycles. The summed E-state index contributed by atoms with van der Waals surface area (Å²) >= 11 is 0. The lowest BCUT2D eigenvalue weighted by Crippen LogP contribution is -2.45. The van der Waals surface area contributed by atoms with Crippen LogP contribution in [0.1, 0.15) is 367 Å². The third kappa shape index (κ3) is 57.7. The number of unbranched alkanes of at least 4 members (excludes halogenated alkanes) is 50. The minimum Gasteiger partial charge on any atom is -0.466 e. The highest BCUT2D eigenvalue weighted by Crippen LogP contribution is 2.18. The van der Waals surface area contributed by atoms with Crippen molar-refractivity contribution < 1.29 is 24.5 Å². The van der Waals surface area contributed by atoms with Gasteiger partial charge in [-0.1, -0.05) is 334 Å². The molecule has 0 saturated carbocycles. The third-order valence-corrected chi connectivity index (χ3v) is 15.3. The Balaban J connectivity index is 3.42. The molecule has 1 amide bonds. The predicted octanol–water partition coefficient (Wildman–Crippen LogP) is 20.4. The Labute approximate surface area is 444 Å². The summed E-state index contributed by atoms with van der Waals surface area (Å²) in [6.45, 7) is 4.93. The van der Waals surface area contributed by atoms with Crippen molar-refractivity contribution in [2.45, 2.75) is 379 Å². The lowest BCUT2D eigenvalue weighted by atomic mass is 10.0. The maximum Gasteiger partial charge on any atom is 0.305 e. The van der Waals surface area contributed by atoms with Crippen LogP contribution in [0.15, 0.2) is 12.2 Å². The highest BCUT2D eigenvalue weighted by Gasteiger charge is 2.18. The maximum atomic E-state index is 12.5. The van der Waals surface area contributed by atoms with Gasteiger partial charge in [-0.2, -0.15) is 0 Å². The Morgan fingerprint density at radius 1 is 0.380 bits per heavy atom. The van der Waals surface area contributed by atoms with Gasteiger partial charge in [-0.15, -0.1) is 0 Å². The van der Waals surface area contributed by atoms with E-state index >= 15 is 0 Å². The summed E-state index contributed by atoms with van der Waals surface area (Å²) in [7, 11) is 0. The van der Waals surface area contributed by atoms with Gasteiger partial charge in [0.2, 0.25) is 5.91 Å². The first-order valence-corrected chi connectivity index (χ1v) is 32.5. The molecule has 0 aromatic heterocycles. The number of allylic oxidation sites excluding steroid dienone is 1. The summed E-state index contributed by atoms with van der Waals surface area (Å²) in [4.78, 5) is 24.6. The standard InChI is InChI=1S/C65H127NO5/c1-3-5-7-9-11-13-15-17-19-20-21-22-23-26-30-33-37-41-45-49-53-57-63(68)62(61-67)66-64(69)58-54-50-46-42-38-34-31-27-24-25-28-32-36-40-44-48-52-56-60-71-65(70)59-55-51-47-43-39-35-29-18-16-14-12-10-8-6-4-2/h53,57,62-63,67-68H,3-52,54-56,58-61H2,1-2H3,(H,66,69)/b57-53+. The molecule has 3 N–H and O–H groups in total. The molecule has 2 unspecified atom stereocenters. The van der Waals surface area contributed by atoms with Crippen molar-refractivity contribution in [2.75, 3.05) is 13.2 Å². The zero-order chi connectivity index (χ0) is 51.4. The molecule has 0 aliphatic carbocycles. The van der Waals surface area contributed by atoms with Crippen molar-refractivity contribution >= 4 is 11.9 Å². The van der Waals surface area contributed by atoms with Crippen molar-refractivity contribution in [2.24, 2.45) is 0 Å². The average molecular weight is 1000 g/mol.